The summed E-state index contributed by atoms with van der Waals surface area (Å²) in [5.74, 6) is -0.455. The van der Waals surface area contributed by atoms with Crippen LogP contribution < -0.4 is 10.9 Å². The number of likely N-dealkylation sites (tertiary alicyclic amines) is 1. The third kappa shape index (κ3) is 3.93. The van der Waals surface area contributed by atoms with E-state index in [1.807, 2.05) is 0 Å². The zero-order chi connectivity index (χ0) is 22.3. The van der Waals surface area contributed by atoms with Gasteiger partial charge in [0.05, 0.1) is 15.6 Å². The minimum Gasteiger partial charge on any atom is -0.442 e. The van der Waals surface area contributed by atoms with Gasteiger partial charge in [0.15, 0.2) is 0 Å². The third-order valence-electron chi connectivity index (χ3n) is 5.42. The number of fused-ring (bicyclic) bond motifs is 1. The average molecular weight is 463 g/mol. The number of aromatic nitrogens is 2. The first kappa shape index (κ1) is 21.4. The van der Waals surface area contributed by atoms with Crippen molar-refractivity contribution in [3.63, 3.8) is 0 Å². The first-order valence-corrected chi connectivity index (χ1v) is 10.5. The van der Waals surface area contributed by atoms with Gasteiger partial charge < -0.3 is 19.2 Å². The van der Waals surface area contributed by atoms with Gasteiger partial charge in [-0.15, -0.1) is 0 Å². The molecule has 1 unspecified atom stereocenters. The predicted molar refractivity (Wildman–Crippen MR) is 118 cm³/mol. The van der Waals surface area contributed by atoms with E-state index in [0.29, 0.717) is 34.5 Å². The number of furan rings is 1. The fourth-order valence-electron chi connectivity index (χ4n) is 3.83. The lowest BCUT2D eigenvalue weighted by molar-refractivity contribution is -0.121. The van der Waals surface area contributed by atoms with Crippen molar-refractivity contribution in [2.24, 2.45) is 7.05 Å². The summed E-state index contributed by atoms with van der Waals surface area (Å²) in [4.78, 5) is 44.8. The van der Waals surface area contributed by atoms with Crippen molar-refractivity contribution < 1.29 is 14.0 Å². The molecule has 10 heteroatoms. The van der Waals surface area contributed by atoms with E-state index < -0.39 is 11.9 Å². The number of carbonyl (C=O) groups is 2. The molecule has 3 heterocycles. The molecule has 0 saturated carbocycles. The Kier molecular flexibility index (Phi) is 5.77. The summed E-state index contributed by atoms with van der Waals surface area (Å²) in [6.07, 6.45) is 3.41. The summed E-state index contributed by atoms with van der Waals surface area (Å²) >= 11 is 12.0. The van der Waals surface area contributed by atoms with E-state index in [4.69, 9.17) is 27.6 Å². The van der Waals surface area contributed by atoms with Gasteiger partial charge in [0, 0.05) is 19.3 Å². The van der Waals surface area contributed by atoms with Crippen molar-refractivity contribution >= 4 is 51.8 Å². The molecule has 1 aromatic carbocycles. The number of carbonyl (C=O) groups excluding carboxylic acids is 2. The maximum absolute atomic E-state index is 13.5. The van der Waals surface area contributed by atoms with Crippen LogP contribution in [0, 0.1) is 6.92 Å². The van der Waals surface area contributed by atoms with E-state index in [9.17, 15) is 14.4 Å². The average Bonchev–Trinajstić information content (AvgIpc) is 3.09. The van der Waals surface area contributed by atoms with Crippen LogP contribution in [0.3, 0.4) is 0 Å². The molecule has 0 spiro atoms. The van der Waals surface area contributed by atoms with Gasteiger partial charge in [0.1, 0.15) is 23.5 Å². The van der Waals surface area contributed by atoms with Gasteiger partial charge in [-0.1, -0.05) is 23.2 Å². The quantitative estimate of drug-likeness (QED) is 0.638. The molecule has 8 nitrogen and oxygen atoms in total. The lowest BCUT2D eigenvalue weighted by atomic mass is 9.99. The number of nitrogens with one attached hydrogen (secondary N) is 1. The number of nitrogens with zero attached hydrogens (tertiary/aromatic N) is 3. The van der Waals surface area contributed by atoms with Gasteiger partial charge in [0.25, 0.3) is 11.5 Å². The van der Waals surface area contributed by atoms with E-state index in [1.165, 1.54) is 15.8 Å². The van der Waals surface area contributed by atoms with E-state index in [-0.39, 0.29) is 28.1 Å². The maximum atomic E-state index is 13.5. The van der Waals surface area contributed by atoms with Crippen molar-refractivity contribution in [3.05, 3.63) is 56.2 Å². The molecule has 2 aromatic heterocycles. The van der Waals surface area contributed by atoms with Gasteiger partial charge in [0.2, 0.25) is 11.6 Å². The summed E-state index contributed by atoms with van der Waals surface area (Å²) in [5, 5.41) is 3.63. The first-order chi connectivity index (χ1) is 14.8. The SMILES string of the molecule is Cc1oc2ncn(C)c(=O)c2c1C(=O)N1CCCCC1C(=O)Nc1ccc(Cl)c(Cl)c1. The predicted octanol–water partition coefficient (Wildman–Crippen LogP) is 3.78. The third-order valence-corrected chi connectivity index (χ3v) is 6.15. The van der Waals surface area contributed by atoms with Crippen LogP contribution in [0.5, 0.6) is 0 Å². The first-order valence-electron chi connectivity index (χ1n) is 9.79. The number of aryl methyl sites for hydroxylation is 2. The van der Waals surface area contributed by atoms with Crippen molar-refractivity contribution in [1.29, 1.82) is 0 Å². The smallest absolute Gasteiger partial charge is 0.265 e. The second kappa shape index (κ2) is 8.36. The second-order valence-corrected chi connectivity index (χ2v) is 8.32. The van der Waals surface area contributed by atoms with E-state index in [1.54, 1.807) is 32.2 Å². The molecular weight excluding hydrogens is 443 g/mol. The molecule has 0 aliphatic carbocycles. The highest BCUT2D eigenvalue weighted by molar-refractivity contribution is 6.42. The molecule has 1 N–H and O–H groups in total. The largest absolute Gasteiger partial charge is 0.442 e. The van der Waals surface area contributed by atoms with Crippen LogP contribution in [0.4, 0.5) is 5.69 Å². The van der Waals surface area contributed by atoms with Crippen LogP contribution >= 0.6 is 23.2 Å². The zero-order valence-corrected chi connectivity index (χ0v) is 18.5. The molecule has 162 valence electrons. The van der Waals surface area contributed by atoms with Gasteiger partial charge in [-0.2, -0.15) is 0 Å². The summed E-state index contributed by atoms with van der Waals surface area (Å²) < 4.78 is 6.85. The Morgan fingerprint density at radius 3 is 2.74 bits per heavy atom. The molecule has 3 aromatic rings. The van der Waals surface area contributed by atoms with Crippen molar-refractivity contribution in [1.82, 2.24) is 14.5 Å². The van der Waals surface area contributed by atoms with Crippen molar-refractivity contribution in [3.8, 4) is 0 Å². The fraction of sp³-hybridized carbons (Fsp3) is 0.333. The Labute approximate surface area is 187 Å². The molecule has 1 atom stereocenters. The Hall–Kier alpha value is -2.84. The minimum absolute atomic E-state index is 0.109. The number of rotatable bonds is 3. The Morgan fingerprint density at radius 1 is 1.23 bits per heavy atom. The molecule has 1 aliphatic heterocycles. The van der Waals surface area contributed by atoms with Crippen LogP contribution in [-0.4, -0.2) is 38.9 Å². The molecule has 1 fully saturated rings. The lowest BCUT2D eigenvalue weighted by Crippen LogP contribution is -2.50. The normalized spacial score (nSPS) is 16.5. The monoisotopic (exact) mass is 462 g/mol. The maximum Gasteiger partial charge on any atom is 0.265 e. The van der Waals surface area contributed by atoms with E-state index in [0.717, 1.165) is 12.8 Å². The Morgan fingerprint density at radius 2 is 2.00 bits per heavy atom. The summed E-state index contributed by atoms with van der Waals surface area (Å²) in [7, 11) is 1.56. The molecule has 4 rings (SSSR count). The molecule has 1 aliphatic rings. The molecular formula is C21H20Cl2N4O4. The number of piperidine rings is 1. The van der Waals surface area contributed by atoms with Crippen LogP contribution in [0.1, 0.15) is 35.4 Å². The van der Waals surface area contributed by atoms with Crippen LogP contribution in [0.2, 0.25) is 10.0 Å². The molecule has 1 saturated heterocycles. The number of amides is 2. The highest BCUT2D eigenvalue weighted by atomic mass is 35.5. The van der Waals surface area contributed by atoms with Crippen LogP contribution in [0.25, 0.3) is 11.1 Å². The standard InChI is InChI=1S/C21H20Cl2N4O4/c1-11-16(17-19(31-11)24-10-26(2)20(17)29)21(30)27-8-4-3-5-15(27)18(28)25-12-6-7-13(22)14(23)9-12/h6-7,9-10,15H,3-5,8H2,1-2H3,(H,25,28). The molecule has 2 amide bonds. The van der Waals surface area contributed by atoms with Gasteiger partial charge in [-0.25, -0.2) is 4.98 Å². The number of hydrogen-bond acceptors (Lipinski definition) is 5. The minimum atomic E-state index is -0.694. The zero-order valence-electron chi connectivity index (χ0n) is 16.9. The second-order valence-electron chi connectivity index (χ2n) is 7.50. The van der Waals surface area contributed by atoms with Crippen molar-refractivity contribution in [2.75, 3.05) is 11.9 Å². The summed E-state index contributed by atoms with van der Waals surface area (Å²) in [5.41, 5.74) is 0.370. The Bertz CT molecular complexity index is 1250. The topological polar surface area (TPSA) is 97.4 Å². The number of halogens is 2. The van der Waals surface area contributed by atoms with Crippen LogP contribution in [0.15, 0.2) is 33.7 Å². The van der Waals surface area contributed by atoms with E-state index in [2.05, 4.69) is 10.3 Å². The fourth-order valence-corrected chi connectivity index (χ4v) is 4.13. The van der Waals surface area contributed by atoms with E-state index >= 15 is 0 Å². The van der Waals surface area contributed by atoms with Gasteiger partial charge >= 0.3 is 0 Å². The number of anilines is 1. The highest BCUT2D eigenvalue weighted by Crippen LogP contribution is 2.28. The van der Waals surface area contributed by atoms with Gasteiger partial charge in [-0.05, 0) is 44.4 Å². The summed E-state index contributed by atoms with van der Waals surface area (Å²) in [6, 6.07) is 4.09. The number of hydrogen-bond donors (Lipinski definition) is 1. The molecule has 31 heavy (non-hydrogen) atoms. The molecule has 0 radical (unpaired) electrons. The van der Waals surface area contributed by atoms with Gasteiger partial charge in [-0.3, -0.25) is 14.4 Å². The highest BCUT2D eigenvalue weighted by Gasteiger charge is 2.35. The lowest BCUT2D eigenvalue weighted by Gasteiger charge is -2.34. The van der Waals surface area contributed by atoms with Crippen LogP contribution in [-0.2, 0) is 11.8 Å². The summed E-state index contributed by atoms with van der Waals surface area (Å²) in [6.45, 7) is 2.01. The number of benzene rings is 1. The van der Waals surface area contributed by atoms with Crippen molar-refractivity contribution in [2.45, 2.75) is 32.2 Å². The molecule has 0 bridgehead atoms. The Balaban J connectivity index is 1.67.